The highest BCUT2D eigenvalue weighted by molar-refractivity contribution is 7.89. The number of carbonyl (C=O) groups excluding carboxylic acids is 1. The van der Waals surface area contributed by atoms with E-state index in [1.807, 2.05) is 0 Å². The summed E-state index contributed by atoms with van der Waals surface area (Å²) in [6.07, 6.45) is 7.91. The smallest absolute Gasteiger partial charge is 0.256 e. The minimum Gasteiger partial charge on any atom is -0.312 e. The average molecular weight is 472 g/mol. The van der Waals surface area contributed by atoms with Gasteiger partial charge in [-0.05, 0) is 67.9 Å². The van der Waals surface area contributed by atoms with E-state index >= 15 is 0 Å². The molecule has 0 radical (unpaired) electrons. The third-order valence-electron chi connectivity index (χ3n) is 6.73. The van der Waals surface area contributed by atoms with Gasteiger partial charge in [0.15, 0.2) is 0 Å². The standard InChI is InChI=1S/C24H29N3O3S2/c1-16-8-13-20-21(15-25)24(31-22(20)14-16)26-23(28)17-9-11-19(12-10-17)32(29,30)27(2)18-6-4-3-5-7-18/h9-12,16,18H,3-8,13-14H2,1-2H3,(H,26,28). The maximum absolute atomic E-state index is 13.0. The third kappa shape index (κ3) is 4.47. The molecule has 0 aliphatic heterocycles. The zero-order chi connectivity index (χ0) is 22.9. The summed E-state index contributed by atoms with van der Waals surface area (Å²) in [5.74, 6) is 0.246. The molecule has 2 aromatic rings. The molecule has 0 spiro atoms. The number of thiophene rings is 1. The van der Waals surface area contributed by atoms with Crippen LogP contribution in [0, 0.1) is 17.2 Å². The SMILES string of the molecule is CC1CCc2c(sc(NC(=O)c3ccc(S(=O)(=O)N(C)C4CCCCC4)cc3)c2C#N)C1. The largest absolute Gasteiger partial charge is 0.312 e. The first kappa shape index (κ1) is 23.0. The van der Waals surface area contributed by atoms with E-state index in [0.29, 0.717) is 22.0 Å². The summed E-state index contributed by atoms with van der Waals surface area (Å²) in [5, 5.41) is 13.1. The second-order valence-electron chi connectivity index (χ2n) is 8.96. The van der Waals surface area contributed by atoms with Crippen LogP contribution in [-0.4, -0.2) is 31.7 Å². The summed E-state index contributed by atoms with van der Waals surface area (Å²) in [6, 6.07) is 8.37. The van der Waals surface area contributed by atoms with Gasteiger partial charge in [0, 0.05) is 23.5 Å². The fourth-order valence-electron chi connectivity index (χ4n) is 4.72. The quantitative estimate of drug-likeness (QED) is 0.668. The molecule has 2 aliphatic rings. The molecule has 1 heterocycles. The van der Waals surface area contributed by atoms with Crippen molar-refractivity contribution >= 4 is 32.3 Å². The average Bonchev–Trinajstić information content (AvgIpc) is 3.14. The molecule has 170 valence electrons. The first-order chi connectivity index (χ1) is 15.3. The van der Waals surface area contributed by atoms with Crippen LogP contribution in [0.4, 0.5) is 5.00 Å². The van der Waals surface area contributed by atoms with Crippen LogP contribution in [0.2, 0.25) is 0 Å². The second kappa shape index (κ2) is 9.34. The van der Waals surface area contributed by atoms with Gasteiger partial charge in [0.05, 0.1) is 10.5 Å². The molecule has 0 bridgehead atoms. The zero-order valence-electron chi connectivity index (χ0n) is 18.6. The van der Waals surface area contributed by atoms with Crippen LogP contribution >= 0.6 is 11.3 Å². The number of nitrogens with one attached hydrogen (secondary N) is 1. The van der Waals surface area contributed by atoms with Crippen molar-refractivity contribution in [3.05, 3.63) is 45.8 Å². The number of carbonyl (C=O) groups is 1. The predicted octanol–water partition coefficient (Wildman–Crippen LogP) is 4.95. The van der Waals surface area contributed by atoms with Crippen molar-refractivity contribution in [2.24, 2.45) is 5.92 Å². The highest BCUT2D eigenvalue weighted by Crippen LogP contribution is 2.39. The fourth-order valence-corrected chi connectivity index (χ4v) is 7.49. The van der Waals surface area contributed by atoms with E-state index in [9.17, 15) is 18.5 Å². The lowest BCUT2D eigenvalue weighted by molar-refractivity contribution is 0.102. The summed E-state index contributed by atoms with van der Waals surface area (Å²) in [6.45, 7) is 2.20. The van der Waals surface area contributed by atoms with Gasteiger partial charge in [-0.3, -0.25) is 4.79 Å². The molecule has 32 heavy (non-hydrogen) atoms. The van der Waals surface area contributed by atoms with E-state index in [1.165, 1.54) is 32.7 Å². The van der Waals surface area contributed by atoms with Gasteiger partial charge in [-0.25, -0.2) is 8.42 Å². The van der Waals surface area contributed by atoms with E-state index in [0.717, 1.165) is 56.9 Å². The monoisotopic (exact) mass is 471 g/mol. The van der Waals surface area contributed by atoms with Gasteiger partial charge >= 0.3 is 0 Å². The molecular weight excluding hydrogens is 442 g/mol. The molecule has 1 aromatic heterocycles. The van der Waals surface area contributed by atoms with Crippen molar-refractivity contribution < 1.29 is 13.2 Å². The highest BCUT2D eigenvalue weighted by atomic mass is 32.2. The van der Waals surface area contributed by atoms with Crippen molar-refractivity contribution in [3.63, 3.8) is 0 Å². The normalized spacial score (nSPS) is 19.4. The maximum Gasteiger partial charge on any atom is 0.256 e. The zero-order valence-corrected chi connectivity index (χ0v) is 20.2. The lowest BCUT2D eigenvalue weighted by Crippen LogP contribution is -2.38. The van der Waals surface area contributed by atoms with Gasteiger partial charge in [-0.2, -0.15) is 9.57 Å². The van der Waals surface area contributed by atoms with Crippen molar-refractivity contribution in [1.29, 1.82) is 5.26 Å². The van der Waals surface area contributed by atoms with E-state index in [1.54, 1.807) is 19.2 Å². The van der Waals surface area contributed by atoms with Crippen molar-refractivity contribution in [2.45, 2.75) is 69.2 Å². The number of fused-ring (bicyclic) bond motifs is 1. The number of rotatable bonds is 5. The van der Waals surface area contributed by atoms with Gasteiger partial charge in [-0.1, -0.05) is 26.2 Å². The van der Waals surface area contributed by atoms with Crippen molar-refractivity contribution in [3.8, 4) is 6.07 Å². The van der Waals surface area contributed by atoms with Crippen LogP contribution in [0.5, 0.6) is 0 Å². The molecular formula is C24H29N3O3S2. The van der Waals surface area contributed by atoms with Crippen LogP contribution in [0.1, 0.15) is 71.8 Å². The van der Waals surface area contributed by atoms with Crippen molar-refractivity contribution in [2.75, 3.05) is 12.4 Å². The molecule has 1 fully saturated rings. The van der Waals surface area contributed by atoms with Crippen molar-refractivity contribution in [1.82, 2.24) is 4.31 Å². The van der Waals surface area contributed by atoms with E-state index in [-0.39, 0.29) is 16.8 Å². The molecule has 1 atom stereocenters. The Morgan fingerprint density at radius 2 is 1.84 bits per heavy atom. The minimum absolute atomic E-state index is 0.0358. The Kier molecular flexibility index (Phi) is 6.70. The third-order valence-corrected chi connectivity index (χ3v) is 9.83. The number of anilines is 1. The van der Waals surface area contributed by atoms with Crippen LogP contribution in [0.3, 0.4) is 0 Å². The summed E-state index contributed by atoms with van der Waals surface area (Å²) in [7, 11) is -1.95. The number of sulfonamides is 1. The Bertz CT molecular complexity index is 1140. The summed E-state index contributed by atoms with van der Waals surface area (Å²) in [5.41, 5.74) is 2.00. The first-order valence-electron chi connectivity index (χ1n) is 11.3. The lowest BCUT2D eigenvalue weighted by Gasteiger charge is -2.30. The van der Waals surface area contributed by atoms with Gasteiger partial charge in [0.25, 0.3) is 5.91 Å². The van der Waals surface area contributed by atoms with Crippen LogP contribution in [-0.2, 0) is 22.9 Å². The lowest BCUT2D eigenvalue weighted by atomic mass is 9.88. The molecule has 4 rings (SSSR count). The number of amides is 1. The number of hydrogen-bond donors (Lipinski definition) is 1. The Morgan fingerprint density at radius 1 is 1.16 bits per heavy atom. The molecule has 6 nitrogen and oxygen atoms in total. The minimum atomic E-state index is -3.60. The molecule has 1 unspecified atom stereocenters. The first-order valence-corrected chi connectivity index (χ1v) is 13.5. The van der Waals surface area contributed by atoms with Gasteiger partial charge in [0.2, 0.25) is 10.0 Å². The van der Waals surface area contributed by atoms with E-state index in [4.69, 9.17) is 0 Å². The number of nitrogens with zero attached hydrogens (tertiary/aromatic N) is 2. The van der Waals surface area contributed by atoms with Crippen LogP contribution in [0.15, 0.2) is 29.2 Å². The van der Waals surface area contributed by atoms with E-state index < -0.39 is 10.0 Å². The molecule has 0 saturated heterocycles. The highest BCUT2D eigenvalue weighted by Gasteiger charge is 2.29. The fraction of sp³-hybridized carbons (Fsp3) is 0.500. The second-order valence-corrected chi connectivity index (χ2v) is 12.1. The molecule has 1 saturated carbocycles. The summed E-state index contributed by atoms with van der Waals surface area (Å²) in [4.78, 5) is 14.2. The Labute approximate surface area is 194 Å². The summed E-state index contributed by atoms with van der Waals surface area (Å²) < 4.78 is 27.5. The molecule has 1 aromatic carbocycles. The topological polar surface area (TPSA) is 90.3 Å². The molecule has 2 aliphatic carbocycles. The van der Waals surface area contributed by atoms with E-state index in [2.05, 4.69) is 18.3 Å². The van der Waals surface area contributed by atoms with Crippen LogP contribution < -0.4 is 5.32 Å². The maximum atomic E-state index is 13.0. The number of benzene rings is 1. The van der Waals surface area contributed by atoms with Gasteiger partial charge < -0.3 is 5.32 Å². The predicted molar refractivity (Wildman–Crippen MR) is 126 cm³/mol. The summed E-state index contributed by atoms with van der Waals surface area (Å²) >= 11 is 1.48. The number of nitriles is 1. The van der Waals surface area contributed by atoms with Gasteiger partial charge in [-0.15, -0.1) is 11.3 Å². The Balaban J connectivity index is 1.50. The van der Waals surface area contributed by atoms with Gasteiger partial charge in [0.1, 0.15) is 11.1 Å². The Morgan fingerprint density at radius 3 is 2.50 bits per heavy atom. The van der Waals surface area contributed by atoms with Crippen LogP contribution in [0.25, 0.3) is 0 Å². The molecule has 1 amide bonds. The molecule has 1 N–H and O–H groups in total. The molecule has 8 heteroatoms. The number of hydrogen-bond acceptors (Lipinski definition) is 5. The Hall–Kier alpha value is -2.21.